The quantitative estimate of drug-likeness (QED) is 0.872. The molecule has 0 bridgehead atoms. The van der Waals surface area contributed by atoms with Crippen molar-refractivity contribution in [3.63, 3.8) is 0 Å². The number of aromatic nitrogens is 1. The van der Waals surface area contributed by atoms with Crippen LogP contribution in [0.3, 0.4) is 0 Å². The number of carbonyl (C=O) groups excluding carboxylic acids is 1. The predicted octanol–water partition coefficient (Wildman–Crippen LogP) is 1.99. The third kappa shape index (κ3) is 2.54. The van der Waals surface area contributed by atoms with Gasteiger partial charge < -0.3 is 15.8 Å². The number of nitrogen functional groups attached to an aromatic ring is 1. The Balaban J connectivity index is 2.14. The molecule has 2 aromatic heterocycles. The van der Waals surface area contributed by atoms with Gasteiger partial charge in [-0.15, -0.1) is 11.3 Å². The van der Waals surface area contributed by atoms with Gasteiger partial charge in [-0.1, -0.05) is 0 Å². The minimum absolute atomic E-state index is 0.219. The molecule has 2 heterocycles. The standard InChI is InChI=1S/C11H11N3O2S/c1-16-8-4-5-17-10(8)11(15)14-7-2-3-9(12)13-6-7/h2-6H,1H3,(H2,12,13)(H,14,15). The topological polar surface area (TPSA) is 77.2 Å². The summed E-state index contributed by atoms with van der Waals surface area (Å²) in [6, 6.07) is 5.07. The second kappa shape index (κ2) is 4.84. The van der Waals surface area contributed by atoms with Gasteiger partial charge in [-0.05, 0) is 23.6 Å². The maximum atomic E-state index is 11.9. The Kier molecular flexibility index (Phi) is 3.24. The highest BCUT2D eigenvalue weighted by molar-refractivity contribution is 7.12. The van der Waals surface area contributed by atoms with Crippen LogP contribution in [0.1, 0.15) is 9.67 Å². The van der Waals surface area contributed by atoms with Gasteiger partial charge in [0.05, 0.1) is 19.0 Å². The fourth-order valence-electron chi connectivity index (χ4n) is 1.29. The van der Waals surface area contributed by atoms with Crippen LogP contribution >= 0.6 is 11.3 Å². The Morgan fingerprint density at radius 1 is 1.47 bits per heavy atom. The van der Waals surface area contributed by atoms with Gasteiger partial charge in [-0.3, -0.25) is 4.79 Å². The zero-order chi connectivity index (χ0) is 12.3. The molecule has 1 amide bonds. The SMILES string of the molecule is COc1ccsc1C(=O)Nc1ccc(N)nc1. The molecule has 0 aliphatic heterocycles. The molecule has 0 saturated carbocycles. The van der Waals surface area contributed by atoms with Crippen LogP contribution in [-0.2, 0) is 0 Å². The molecule has 0 aromatic carbocycles. The van der Waals surface area contributed by atoms with Crippen LogP contribution < -0.4 is 15.8 Å². The summed E-state index contributed by atoms with van der Waals surface area (Å²) >= 11 is 1.32. The summed E-state index contributed by atoms with van der Waals surface area (Å²) in [5.41, 5.74) is 6.05. The second-order valence-corrected chi connectivity index (χ2v) is 4.16. The third-order valence-corrected chi connectivity index (χ3v) is 2.99. The average Bonchev–Trinajstić information content (AvgIpc) is 2.80. The Bertz CT molecular complexity index is 522. The Morgan fingerprint density at radius 3 is 2.94 bits per heavy atom. The van der Waals surface area contributed by atoms with E-state index in [1.54, 1.807) is 23.6 Å². The molecule has 0 radical (unpaired) electrons. The molecule has 0 fully saturated rings. The highest BCUT2D eigenvalue weighted by atomic mass is 32.1. The van der Waals surface area contributed by atoms with E-state index in [1.807, 2.05) is 0 Å². The summed E-state index contributed by atoms with van der Waals surface area (Å²) in [5.74, 6) is 0.760. The average molecular weight is 249 g/mol. The maximum absolute atomic E-state index is 11.9. The van der Waals surface area contributed by atoms with Crippen LogP contribution in [0.25, 0.3) is 0 Å². The van der Waals surface area contributed by atoms with E-state index in [9.17, 15) is 4.79 Å². The van der Waals surface area contributed by atoms with E-state index >= 15 is 0 Å². The lowest BCUT2D eigenvalue weighted by molar-refractivity contribution is 0.102. The number of hydrogen-bond donors (Lipinski definition) is 2. The molecule has 88 valence electrons. The van der Waals surface area contributed by atoms with E-state index in [-0.39, 0.29) is 5.91 Å². The lowest BCUT2D eigenvalue weighted by Crippen LogP contribution is -2.11. The molecule has 0 atom stereocenters. The van der Waals surface area contributed by atoms with Gasteiger partial charge in [-0.2, -0.15) is 0 Å². The largest absolute Gasteiger partial charge is 0.495 e. The molecule has 2 aromatic rings. The predicted molar refractivity (Wildman–Crippen MR) is 67.5 cm³/mol. The van der Waals surface area contributed by atoms with Crippen molar-refractivity contribution in [3.8, 4) is 5.75 Å². The number of nitrogens with one attached hydrogen (secondary N) is 1. The van der Waals surface area contributed by atoms with Crippen molar-refractivity contribution >= 4 is 28.7 Å². The number of ether oxygens (including phenoxy) is 1. The van der Waals surface area contributed by atoms with Gasteiger partial charge in [0.15, 0.2) is 0 Å². The minimum atomic E-state index is -0.219. The zero-order valence-corrected chi connectivity index (χ0v) is 9.95. The van der Waals surface area contributed by atoms with Gasteiger partial charge in [0.25, 0.3) is 5.91 Å². The summed E-state index contributed by atoms with van der Waals surface area (Å²) in [6.07, 6.45) is 1.51. The van der Waals surface area contributed by atoms with Gasteiger partial charge in [0.1, 0.15) is 16.4 Å². The summed E-state index contributed by atoms with van der Waals surface area (Å²) in [5, 5.41) is 4.52. The molecule has 0 aliphatic carbocycles. The van der Waals surface area contributed by atoms with E-state index in [1.165, 1.54) is 24.6 Å². The molecule has 17 heavy (non-hydrogen) atoms. The van der Waals surface area contributed by atoms with Crippen molar-refractivity contribution in [3.05, 3.63) is 34.7 Å². The molecule has 6 heteroatoms. The van der Waals surface area contributed by atoms with Crippen molar-refractivity contribution in [1.82, 2.24) is 4.98 Å². The van der Waals surface area contributed by atoms with Gasteiger partial charge >= 0.3 is 0 Å². The zero-order valence-electron chi connectivity index (χ0n) is 9.14. The van der Waals surface area contributed by atoms with Crippen LogP contribution in [0.5, 0.6) is 5.75 Å². The smallest absolute Gasteiger partial charge is 0.269 e. The fourth-order valence-corrected chi connectivity index (χ4v) is 2.04. The normalized spacial score (nSPS) is 9.94. The number of nitrogens with zero attached hydrogens (tertiary/aromatic N) is 1. The molecule has 0 saturated heterocycles. The number of anilines is 2. The number of nitrogens with two attached hydrogens (primary N) is 1. The molecule has 2 rings (SSSR count). The number of rotatable bonds is 3. The van der Waals surface area contributed by atoms with Crippen molar-refractivity contribution in [2.75, 3.05) is 18.2 Å². The van der Waals surface area contributed by atoms with Crippen molar-refractivity contribution < 1.29 is 9.53 Å². The first-order valence-electron chi connectivity index (χ1n) is 4.85. The van der Waals surface area contributed by atoms with Gasteiger partial charge in [0.2, 0.25) is 0 Å². The van der Waals surface area contributed by atoms with Gasteiger partial charge in [-0.25, -0.2) is 4.98 Å². The first-order chi connectivity index (χ1) is 8.20. The molecular weight excluding hydrogens is 238 g/mol. The first-order valence-corrected chi connectivity index (χ1v) is 5.73. The summed E-state index contributed by atoms with van der Waals surface area (Å²) < 4.78 is 5.08. The molecular formula is C11H11N3O2S. The maximum Gasteiger partial charge on any atom is 0.269 e. The van der Waals surface area contributed by atoms with E-state index in [0.717, 1.165) is 0 Å². The summed E-state index contributed by atoms with van der Waals surface area (Å²) in [6.45, 7) is 0. The number of thiophene rings is 1. The van der Waals surface area contributed by atoms with Crippen LogP contribution in [0.15, 0.2) is 29.8 Å². The number of methoxy groups -OCH3 is 1. The van der Waals surface area contributed by atoms with Crippen molar-refractivity contribution in [2.45, 2.75) is 0 Å². The number of hydrogen-bond acceptors (Lipinski definition) is 5. The molecule has 3 N–H and O–H groups in total. The number of carbonyl (C=O) groups is 1. The molecule has 5 nitrogen and oxygen atoms in total. The van der Waals surface area contributed by atoms with Crippen LogP contribution in [-0.4, -0.2) is 18.0 Å². The monoisotopic (exact) mass is 249 g/mol. The highest BCUT2D eigenvalue weighted by Crippen LogP contribution is 2.25. The second-order valence-electron chi connectivity index (χ2n) is 3.24. The Hall–Kier alpha value is -2.08. The minimum Gasteiger partial charge on any atom is -0.495 e. The first kappa shape index (κ1) is 11.4. The van der Waals surface area contributed by atoms with E-state index in [0.29, 0.717) is 22.1 Å². The Morgan fingerprint density at radius 2 is 2.29 bits per heavy atom. The lowest BCUT2D eigenvalue weighted by Gasteiger charge is -2.05. The van der Waals surface area contributed by atoms with Crippen molar-refractivity contribution in [2.24, 2.45) is 0 Å². The molecule has 0 spiro atoms. The number of pyridine rings is 1. The Labute approximate surface area is 102 Å². The third-order valence-electron chi connectivity index (χ3n) is 2.10. The summed E-state index contributed by atoms with van der Waals surface area (Å²) in [4.78, 5) is 16.3. The van der Waals surface area contributed by atoms with Crippen LogP contribution in [0.2, 0.25) is 0 Å². The van der Waals surface area contributed by atoms with Gasteiger partial charge in [0, 0.05) is 0 Å². The lowest BCUT2D eigenvalue weighted by atomic mass is 10.3. The van der Waals surface area contributed by atoms with Crippen LogP contribution in [0, 0.1) is 0 Å². The number of amides is 1. The molecule has 0 aliphatic rings. The summed E-state index contributed by atoms with van der Waals surface area (Å²) in [7, 11) is 1.53. The highest BCUT2D eigenvalue weighted by Gasteiger charge is 2.13. The molecule has 0 unspecified atom stereocenters. The van der Waals surface area contributed by atoms with E-state index in [2.05, 4.69) is 10.3 Å². The fraction of sp³-hybridized carbons (Fsp3) is 0.0909. The van der Waals surface area contributed by atoms with Crippen LogP contribution in [0.4, 0.5) is 11.5 Å². The van der Waals surface area contributed by atoms with E-state index < -0.39 is 0 Å². The van der Waals surface area contributed by atoms with E-state index in [4.69, 9.17) is 10.5 Å². The van der Waals surface area contributed by atoms with Crippen molar-refractivity contribution in [1.29, 1.82) is 0 Å².